The highest BCUT2D eigenvalue weighted by Crippen LogP contribution is 2.35. The SMILES string of the molecule is O=C(Nc1ccn(Cc2ccccc2Cl)n1)c1sc2ccccc2c1Cl. The second-order valence-corrected chi connectivity index (χ2v) is 7.52. The smallest absolute Gasteiger partial charge is 0.268 e. The third-order valence-electron chi connectivity index (χ3n) is 3.91. The molecule has 4 nitrogen and oxygen atoms in total. The van der Waals surface area contributed by atoms with Gasteiger partial charge in [-0.1, -0.05) is 59.6 Å². The van der Waals surface area contributed by atoms with Gasteiger partial charge in [-0.3, -0.25) is 9.48 Å². The van der Waals surface area contributed by atoms with E-state index in [2.05, 4.69) is 10.4 Å². The standard InChI is InChI=1S/C19H13Cl2N3OS/c20-14-7-3-1-5-12(14)11-24-10-9-16(23-24)22-19(25)18-17(21)13-6-2-4-8-15(13)26-18/h1-10H,11H2,(H,22,23,25). The maximum Gasteiger partial charge on any atom is 0.268 e. The van der Waals surface area contributed by atoms with Gasteiger partial charge in [0.15, 0.2) is 5.82 Å². The topological polar surface area (TPSA) is 46.9 Å². The fourth-order valence-electron chi connectivity index (χ4n) is 2.65. The van der Waals surface area contributed by atoms with Crippen molar-refractivity contribution in [3.63, 3.8) is 0 Å². The van der Waals surface area contributed by atoms with Gasteiger partial charge in [0.25, 0.3) is 5.91 Å². The van der Waals surface area contributed by atoms with E-state index >= 15 is 0 Å². The summed E-state index contributed by atoms with van der Waals surface area (Å²) in [4.78, 5) is 13.1. The van der Waals surface area contributed by atoms with Crippen molar-refractivity contribution in [2.75, 3.05) is 5.32 Å². The molecule has 0 aliphatic heterocycles. The first-order valence-corrected chi connectivity index (χ1v) is 9.44. The van der Waals surface area contributed by atoms with Gasteiger partial charge in [-0.15, -0.1) is 11.3 Å². The zero-order valence-electron chi connectivity index (χ0n) is 13.4. The summed E-state index contributed by atoms with van der Waals surface area (Å²) in [5.74, 6) is 0.203. The van der Waals surface area contributed by atoms with Gasteiger partial charge in [0.05, 0.1) is 11.6 Å². The van der Waals surface area contributed by atoms with E-state index in [0.717, 1.165) is 15.6 Å². The van der Waals surface area contributed by atoms with Crippen LogP contribution in [0.2, 0.25) is 10.0 Å². The van der Waals surface area contributed by atoms with Gasteiger partial charge in [0.2, 0.25) is 0 Å². The summed E-state index contributed by atoms with van der Waals surface area (Å²) in [6, 6.07) is 17.0. The van der Waals surface area contributed by atoms with E-state index in [4.69, 9.17) is 23.2 Å². The highest BCUT2D eigenvalue weighted by molar-refractivity contribution is 7.21. The molecule has 2 heterocycles. The summed E-state index contributed by atoms with van der Waals surface area (Å²) in [6.45, 7) is 0.527. The van der Waals surface area contributed by atoms with Crippen molar-refractivity contribution in [1.82, 2.24) is 9.78 Å². The van der Waals surface area contributed by atoms with Crippen LogP contribution in [0.4, 0.5) is 5.82 Å². The van der Waals surface area contributed by atoms with E-state index in [-0.39, 0.29) is 5.91 Å². The minimum Gasteiger partial charge on any atom is -0.304 e. The number of anilines is 1. The number of hydrogen-bond donors (Lipinski definition) is 1. The summed E-state index contributed by atoms with van der Waals surface area (Å²) in [6.07, 6.45) is 1.80. The average Bonchev–Trinajstić information content (AvgIpc) is 3.22. The molecule has 7 heteroatoms. The number of amides is 1. The Morgan fingerprint density at radius 3 is 2.65 bits per heavy atom. The van der Waals surface area contributed by atoms with Crippen molar-refractivity contribution < 1.29 is 4.79 Å². The summed E-state index contributed by atoms with van der Waals surface area (Å²) in [5.41, 5.74) is 0.961. The Bertz CT molecular complexity index is 1100. The molecule has 26 heavy (non-hydrogen) atoms. The molecule has 0 atom stereocenters. The Balaban J connectivity index is 1.52. The third kappa shape index (κ3) is 3.33. The van der Waals surface area contributed by atoms with E-state index in [0.29, 0.717) is 27.3 Å². The van der Waals surface area contributed by atoms with Gasteiger partial charge in [-0.05, 0) is 17.7 Å². The number of rotatable bonds is 4. The van der Waals surface area contributed by atoms with Gasteiger partial charge in [-0.25, -0.2) is 0 Å². The second-order valence-electron chi connectivity index (χ2n) is 5.69. The number of hydrogen-bond acceptors (Lipinski definition) is 3. The average molecular weight is 402 g/mol. The molecule has 1 amide bonds. The van der Waals surface area contributed by atoms with Crippen LogP contribution < -0.4 is 5.32 Å². The number of nitrogens with one attached hydrogen (secondary N) is 1. The molecule has 0 bridgehead atoms. The van der Waals surface area contributed by atoms with Crippen LogP contribution in [-0.2, 0) is 6.54 Å². The Kier molecular flexibility index (Phi) is 4.68. The first kappa shape index (κ1) is 17.1. The van der Waals surface area contributed by atoms with E-state index in [9.17, 15) is 4.79 Å². The number of aromatic nitrogens is 2. The number of halogens is 2. The first-order valence-electron chi connectivity index (χ1n) is 7.87. The van der Waals surface area contributed by atoms with E-state index < -0.39 is 0 Å². The van der Waals surface area contributed by atoms with Crippen LogP contribution in [0.5, 0.6) is 0 Å². The van der Waals surface area contributed by atoms with Crippen LogP contribution in [-0.4, -0.2) is 15.7 Å². The van der Waals surface area contributed by atoms with E-state index in [1.54, 1.807) is 16.9 Å². The molecule has 2 aromatic carbocycles. The van der Waals surface area contributed by atoms with Crippen molar-refractivity contribution in [3.05, 3.63) is 81.3 Å². The lowest BCUT2D eigenvalue weighted by atomic mass is 10.2. The molecule has 0 saturated heterocycles. The minimum atomic E-state index is -0.265. The summed E-state index contributed by atoms with van der Waals surface area (Å²) >= 11 is 13.9. The maximum absolute atomic E-state index is 12.6. The highest BCUT2D eigenvalue weighted by atomic mass is 35.5. The lowest BCUT2D eigenvalue weighted by Gasteiger charge is -2.04. The molecule has 4 rings (SSSR count). The van der Waals surface area contributed by atoms with Gasteiger partial charge >= 0.3 is 0 Å². The molecule has 0 unspecified atom stereocenters. The zero-order chi connectivity index (χ0) is 18.1. The number of benzene rings is 2. The van der Waals surface area contributed by atoms with Crippen molar-refractivity contribution in [3.8, 4) is 0 Å². The summed E-state index contributed by atoms with van der Waals surface area (Å²) in [7, 11) is 0. The number of nitrogens with zero attached hydrogens (tertiary/aromatic N) is 2. The fourth-order valence-corrected chi connectivity index (χ4v) is 4.26. The van der Waals surface area contributed by atoms with Crippen LogP contribution in [0.1, 0.15) is 15.2 Å². The molecule has 2 aromatic heterocycles. The van der Waals surface area contributed by atoms with Crippen molar-refractivity contribution in [1.29, 1.82) is 0 Å². The Morgan fingerprint density at radius 2 is 1.85 bits per heavy atom. The fraction of sp³-hybridized carbons (Fsp3) is 0.0526. The van der Waals surface area contributed by atoms with Crippen LogP contribution in [0.3, 0.4) is 0 Å². The molecule has 130 valence electrons. The Labute approximate surface area is 164 Å². The lowest BCUT2D eigenvalue weighted by molar-refractivity contribution is 0.103. The predicted molar refractivity (Wildman–Crippen MR) is 108 cm³/mol. The maximum atomic E-state index is 12.6. The van der Waals surface area contributed by atoms with E-state index in [1.807, 2.05) is 48.5 Å². The van der Waals surface area contributed by atoms with Crippen LogP contribution in [0, 0.1) is 0 Å². The Hall–Kier alpha value is -2.34. The minimum absolute atomic E-state index is 0.265. The molecule has 0 spiro atoms. The highest BCUT2D eigenvalue weighted by Gasteiger charge is 2.17. The normalized spacial score (nSPS) is 11.0. The van der Waals surface area contributed by atoms with Crippen molar-refractivity contribution >= 4 is 56.3 Å². The number of fused-ring (bicyclic) bond motifs is 1. The molecular weight excluding hydrogens is 389 g/mol. The number of carbonyl (C=O) groups excluding carboxylic acids is 1. The van der Waals surface area contributed by atoms with Crippen molar-refractivity contribution in [2.24, 2.45) is 0 Å². The Morgan fingerprint density at radius 1 is 1.08 bits per heavy atom. The first-order chi connectivity index (χ1) is 12.6. The third-order valence-corrected chi connectivity index (χ3v) is 5.96. The molecule has 1 N–H and O–H groups in total. The lowest BCUT2D eigenvalue weighted by Crippen LogP contribution is -2.12. The van der Waals surface area contributed by atoms with Gasteiger partial charge in [-0.2, -0.15) is 5.10 Å². The van der Waals surface area contributed by atoms with E-state index in [1.165, 1.54) is 11.3 Å². The molecule has 0 aliphatic carbocycles. The molecule has 4 aromatic rings. The monoisotopic (exact) mass is 401 g/mol. The largest absolute Gasteiger partial charge is 0.304 e. The van der Waals surface area contributed by atoms with Gasteiger partial charge in [0.1, 0.15) is 4.88 Å². The number of carbonyl (C=O) groups is 1. The van der Waals surface area contributed by atoms with Gasteiger partial charge in [0, 0.05) is 27.4 Å². The molecule has 0 radical (unpaired) electrons. The molecule has 0 aliphatic rings. The summed E-state index contributed by atoms with van der Waals surface area (Å²) in [5, 5.41) is 9.23. The van der Waals surface area contributed by atoms with Crippen LogP contribution >= 0.6 is 34.5 Å². The zero-order valence-corrected chi connectivity index (χ0v) is 15.8. The second kappa shape index (κ2) is 7.11. The van der Waals surface area contributed by atoms with Crippen LogP contribution in [0.15, 0.2) is 60.8 Å². The quantitative estimate of drug-likeness (QED) is 0.476. The van der Waals surface area contributed by atoms with Crippen LogP contribution in [0.25, 0.3) is 10.1 Å². The van der Waals surface area contributed by atoms with Crippen molar-refractivity contribution in [2.45, 2.75) is 6.54 Å². The predicted octanol–water partition coefficient (Wildman–Crippen LogP) is 5.71. The summed E-state index contributed by atoms with van der Waals surface area (Å²) < 4.78 is 2.70. The molecule has 0 saturated carbocycles. The molecule has 0 fully saturated rings. The molecular formula is C19H13Cl2N3OS. The van der Waals surface area contributed by atoms with Gasteiger partial charge < -0.3 is 5.32 Å². The number of thiophene rings is 1.